The van der Waals surface area contributed by atoms with Crippen LogP contribution in [0.15, 0.2) is 83.5 Å². The Morgan fingerprint density at radius 1 is 0.976 bits per heavy atom. The molecule has 0 fully saturated rings. The van der Waals surface area contributed by atoms with Crippen LogP contribution in [-0.4, -0.2) is 60.5 Å². The largest absolute Gasteiger partial charge is 0.310 e. The highest BCUT2D eigenvalue weighted by Crippen LogP contribution is 2.28. The van der Waals surface area contributed by atoms with Crippen molar-refractivity contribution in [3.8, 4) is 0 Å². The van der Waals surface area contributed by atoms with Gasteiger partial charge in [-0.3, -0.25) is 14.6 Å². The van der Waals surface area contributed by atoms with Crippen LogP contribution >= 0.6 is 11.3 Å². The Hall–Kier alpha value is -3.52. The average molecular weight is 615 g/mol. The number of hydrogen-bond donors (Lipinski definition) is 1. The monoisotopic (exact) mass is 614 g/mol. The van der Waals surface area contributed by atoms with Gasteiger partial charge >= 0.3 is 0 Å². The standard InChI is InChI=1S/C28H30N4O6S3/c1-19(14-21-6-4-3-5-7-21)27(29)32(41(37,38)23-8-9-24-26(15-23)39-18-31-24)28(34)20(2)16-40(35,36)17-25(33)22-10-12-30-13-11-22/h3-13,15,18-20,27H,14,16-17,29H2,1-2H3/t19-,20?,27-/m0/s1. The summed E-state index contributed by atoms with van der Waals surface area (Å²) < 4.78 is 55.0. The van der Waals surface area contributed by atoms with Crippen molar-refractivity contribution in [2.75, 3.05) is 11.5 Å². The van der Waals surface area contributed by atoms with Crippen molar-refractivity contribution in [1.82, 2.24) is 14.3 Å². The molecule has 41 heavy (non-hydrogen) atoms. The number of sulfonamides is 1. The van der Waals surface area contributed by atoms with Crippen molar-refractivity contribution >= 4 is 53.1 Å². The van der Waals surface area contributed by atoms with Crippen molar-refractivity contribution in [2.45, 2.75) is 31.3 Å². The Kier molecular flexibility index (Phi) is 9.32. The Morgan fingerprint density at radius 3 is 2.34 bits per heavy atom. The van der Waals surface area contributed by atoms with E-state index in [9.17, 15) is 26.4 Å². The van der Waals surface area contributed by atoms with E-state index in [-0.39, 0.29) is 10.5 Å². The zero-order valence-corrected chi connectivity index (χ0v) is 24.9. The molecule has 1 amide bonds. The van der Waals surface area contributed by atoms with E-state index < -0.39 is 61.1 Å². The number of rotatable bonds is 12. The third kappa shape index (κ3) is 7.22. The van der Waals surface area contributed by atoms with Crippen LogP contribution in [-0.2, 0) is 31.1 Å². The van der Waals surface area contributed by atoms with Gasteiger partial charge in [0.2, 0.25) is 5.91 Å². The number of carbonyl (C=O) groups excluding carboxylic acids is 2. The van der Waals surface area contributed by atoms with Gasteiger partial charge < -0.3 is 5.73 Å². The lowest BCUT2D eigenvalue weighted by atomic mass is 9.98. The fraction of sp³-hybridized carbons (Fsp3) is 0.286. The van der Waals surface area contributed by atoms with Gasteiger partial charge in [-0.25, -0.2) is 26.1 Å². The number of fused-ring (bicyclic) bond motifs is 1. The molecule has 0 spiro atoms. The van der Waals surface area contributed by atoms with E-state index in [2.05, 4.69) is 9.97 Å². The number of aromatic nitrogens is 2. The van der Waals surface area contributed by atoms with Crippen LogP contribution in [0.3, 0.4) is 0 Å². The molecule has 2 N–H and O–H groups in total. The summed E-state index contributed by atoms with van der Waals surface area (Å²) in [5.41, 5.74) is 9.74. The van der Waals surface area contributed by atoms with Crippen LogP contribution in [0.2, 0.25) is 0 Å². The molecular formula is C28H30N4O6S3. The third-order valence-corrected chi connectivity index (χ3v) is 10.9. The number of pyridine rings is 1. The van der Waals surface area contributed by atoms with Crippen molar-refractivity contribution in [3.05, 3.63) is 89.7 Å². The molecule has 0 aliphatic carbocycles. The number of thiazole rings is 1. The summed E-state index contributed by atoms with van der Waals surface area (Å²) in [4.78, 5) is 34.1. The fourth-order valence-corrected chi connectivity index (χ4v) is 8.48. The SMILES string of the molecule is CC(CS(=O)(=O)CC(=O)c1ccncc1)C(=O)N([C@H](N)[C@@H](C)Cc1ccccc1)S(=O)(=O)c1ccc2ncsc2c1. The maximum atomic E-state index is 14.0. The molecule has 4 aromatic rings. The molecule has 0 bridgehead atoms. The highest BCUT2D eigenvalue weighted by atomic mass is 32.2. The molecule has 216 valence electrons. The van der Waals surface area contributed by atoms with Gasteiger partial charge in [0, 0.05) is 18.0 Å². The van der Waals surface area contributed by atoms with Crippen molar-refractivity contribution in [2.24, 2.45) is 17.6 Å². The molecule has 2 aromatic carbocycles. The first kappa shape index (κ1) is 30.4. The lowest BCUT2D eigenvalue weighted by Gasteiger charge is -2.34. The number of nitrogens with two attached hydrogens (primary N) is 1. The molecule has 13 heteroatoms. The Balaban J connectivity index is 1.63. The molecule has 10 nitrogen and oxygen atoms in total. The van der Waals surface area contributed by atoms with Gasteiger partial charge in [0.25, 0.3) is 10.0 Å². The highest BCUT2D eigenvalue weighted by molar-refractivity contribution is 7.92. The minimum Gasteiger partial charge on any atom is -0.310 e. The number of Topliss-reactive ketones (excluding diaryl/α,β-unsaturated/α-hetero) is 1. The van der Waals surface area contributed by atoms with Crippen LogP contribution in [0.5, 0.6) is 0 Å². The fourth-order valence-electron chi connectivity index (χ4n) is 4.42. The van der Waals surface area contributed by atoms with Crippen LogP contribution in [0.4, 0.5) is 0 Å². The first-order valence-electron chi connectivity index (χ1n) is 12.7. The van der Waals surface area contributed by atoms with Gasteiger partial charge in [0.05, 0.1) is 38.5 Å². The number of hydrogen-bond acceptors (Lipinski definition) is 10. The van der Waals surface area contributed by atoms with Crippen molar-refractivity contribution in [1.29, 1.82) is 0 Å². The molecule has 0 saturated heterocycles. The Bertz CT molecular complexity index is 1740. The average Bonchev–Trinajstić information content (AvgIpc) is 3.41. The van der Waals surface area contributed by atoms with E-state index in [4.69, 9.17) is 5.73 Å². The number of carbonyl (C=O) groups is 2. The molecule has 1 unspecified atom stereocenters. The molecule has 3 atom stereocenters. The second kappa shape index (κ2) is 12.6. The number of benzene rings is 2. The van der Waals surface area contributed by atoms with E-state index in [1.807, 2.05) is 30.3 Å². The topological polar surface area (TPSA) is 157 Å². The summed E-state index contributed by atoms with van der Waals surface area (Å²) in [6.07, 6.45) is 1.82. The van der Waals surface area contributed by atoms with Gasteiger partial charge in [0.15, 0.2) is 15.6 Å². The van der Waals surface area contributed by atoms with E-state index in [1.165, 1.54) is 54.9 Å². The van der Waals surface area contributed by atoms with Crippen LogP contribution in [0.1, 0.15) is 29.8 Å². The van der Waals surface area contributed by atoms with E-state index in [1.54, 1.807) is 18.5 Å². The van der Waals surface area contributed by atoms with E-state index in [0.29, 0.717) is 20.9 Å². The smallest absolute Gasteiger partial charge is 0.267 e. The molecular weight excluding hydrogens is 585 g/mol. The van der Waals surface area contributed by atoms with Crippen LogP contribution < -0.4 is 5.73 Å². The van der Waals surface area contributed by atoms with Crippen molar-refractivity contribution < 1.29 is 26.4 Å². The summed E-state index contributed by atoms with van der Waals surface area (Å²) in [5.74, 6) is -5.01. The van der Waals surface area contributed by atoms with Crippen LogP contribution in [0, 0.1) is 11.8 Å². The number of ketones is 1. The summed E-state index contributed by atoms with van der Waals surface area (Å²) in [5, 5.41) is 0. The van der Waals surface area contributed by atoms with Crippen molar-refractivity contribution in [3.63, 3.8) is 0 Å². The second-order valence-corrected chi connectivity index (χ2v) is 14.7. The van der Waals surface area contributed by atoms with E-state index in [0.717, 1.165) is 5.56 Å². The first-order valence-corrected chi connectivity index (χ1v) is 16.9. The van der Waals surface area contributed by atoms with Gasteiger partial charge in [-0.15, -0.1) is 11.3 Å². The lowest BCUT2D eigenvalue weighted by Crippen LogP contribution is -2.55. The molecule has 2 heterocycles. The summed E-state index contributed by atoms with van der Waals surface area (Å²) >= 11 is 1.25. The highest BCUT2D eigenvalue weighted by Gasteiger charge is 2.40. The normalized spacial score (nSPS) is 14.3. The molecule has 0 saturated carbocycles. The van der Waals surface area contributed by atoms with Crippen LogP contribution in [0.25, 0.3) is 10.2 Å². The number of sulfone groups is 1. The zero-order chi connectivity index (χ0) is 29.8. The van der Waals surface area contributed by atoms with Gasteiger partial charge in [-0.1, -0.05) is 44.2 Å². The Morgan fingerprint density at radius 2 is 1.66 bits per heavy atom. The molecule has 0 aliphatic heterocycles. The van der Waals surface area contributed by atoms with E-state index >= 15 is 0 Å². The lowest BCUT2D eigenvalue weighted by molar-refractivity contribution is -0.131. The summed E-state index contributed by atoms with van der Waals surface area (Å²) in [6.45, 7) is 3.05. The first-order chi connectivity index (χ1) is 19.4. The summed E-state index contributed by atoms with van der Waals surface area (Å²) in [7, 11) is -8.60. The summed E-state index contributed by atoms with van der Waals surface area (Å²) in [6, 6.07) is 16.4. The third-order valence-electron chi connectivity index (χ3n) is 6.61. The predicted octanol–water partition coefficient (Wildman–Crippen LogP) is 3.31. The Labute approximate surface area is 243 Å². The molecule has 4 rings (SSSR count). The molecule has 2 aromatic heterocycles. The van der Waals surface area contributed by atoms with Gasteiger partial charge in [-0.05, 0) is 48.2 Å². The minimum atomic E-state index is -4.50. The number of nitrogens with zero attached hydrogens (tertiary/aromatic N) is 3. The van der Waals surface area contributed by atoms with Gasteiger partial charge in [0.1, 0.15) is 5.75 Å². The predicted molar refractivity (Wildman–Crippen MR) is 157 cm³/mol. The zero-order valence-electron chi connectivity index (χ0n) is 22.5. The maximum absolute atomic E-state index is 14.0. The quantitative estimate of drug-likeness (QED) is 0.187. The second-order valence-electron chi connectivity index (χ2n) is 9.89. The molecule has 0 aliphatic rings. The van der Waals surface area contributed by atoms with Gasteiger partial charge in [-0.2, -0.15) is 0 Å². The minimum absolute atomic E-state index is 0.159. The number of amides is 1. The maximum Gasteiger partial charge on any atom is 0.267 e. The molecule has 0 radical (unpaired) electrons.